The summed E-state index contributed by atoms with van der Waals surface area (Å²) in [4.78, 5) is 11.2. The van der Waals surface area contributed by atoms with Crippen molar-refractivity contribution in [1.82, 2.24) is 5.32 Å². The Morgan fingerprint density at radius 1 is 1.53 bits per heavy atom. The summed E-state index contributed by atoms with van der Waals surface area (Å²) in [5.41, 5.74) is -0.520. The molecule has 0 bridgehead atoms. The van der Waals surface area contributed by atoms with Crippen LogP contribution in [0.4, 0.5) is 0 Å². The fourth-order valence-corrected chi connectivity index (χ4v) is 2.72. The van der Waals surface area contributed by atoms with Gasteiger partial charge < -0.3 is 19.9 Å². The molecule has 1 amide bonds. The van der Waals surface area contributed by atoms with Crippen molar-refractivity contribution >= 4 is 5.91 Å². The molecule has 0 radical (unpaired) electrons. The van der Waals surface area contributed by atoms with E-state index in [1.165, 1.54) is 6.92 Å². The van der Waals surface area contributed by atoms with Gasteiger partial charge in [0.25, 0.3) is 0 Å². The Morgan fingerprint density at radius 3 is 2.53 bits per heavy atom. The smallest absolute Gasteiger partial charge is 0.217 e. The number of hydrogen-bond donors (Lipinski definition) is 2. The zero-order valence-electron chi connectivity index (χ0n) is 11.2. The van der Waals surface area contributed by atoms with Gasteiger partial charge in [0.05, 0.1) is 24.4 Å². The molecule has 5 nitrogen and oxygen atoms in total. The number of methoxy groups -OCH3 is 1. The highest BCUT2D eigenvalue weighted by Crippen LogP contribution is 2.34. The van der Waals surface area contributed by atoms with Crippen LogP contribution in [0.2, 0.25) is 0 Å². The molecular formula is C12H23NO4. The molecule has 1 rings (SSSR count). The maximum absolute atomic E-state index is 11.2. The molecule has 4 unspecified atom stereocenters. The van der Waals surface area contributed by atoms with E-state index in [4.69, 9.17) is 9.47 Å². The van der Waals surface area contributed by atoms with Crippen LogP contribution in [0.15, 0.2) is 0 Å². The molecule has 0 aromatic rings. The number of carbonyl (C=O) groups is 1. The van der Waals surface area contributed by atoms with E-state index in [-0.39, 0.29) is 36.7 Å². The van der Waals surface area contributed by atoms with Crippen molar-refractivity contribution in [1.29, 1.82) is 0 Å². The molecule has 1 aliphatic heterocycles. The molecule has 1 fully saturated rings. The topological polar surface area (TPSA) is 67.8 Å². The van der Waals surface area contributed by atoms with Gasteiger partial charge in [-0.1, -0.05) is 6.92 Å². The molecule has 0 saturated carbocycles. The van der Waals surface area contributed by atoms with Gasteiger partial charge in [-0.25, -0.2) is 0 Å². The third kappa shape index (κ3) is 2.97. The molecule has 0 spiro atoms. The first-order chi connectivity index (χ1) is 7.83. The number of aliphatic hydroxyl groups is 1. The number of nitrogens with one attached hydrogen (secondary N) is 1. The molecule has 4 atom stereocenters. The third-order valence-electron chi connectivity index (χ3n) is 3.43. The van der Waals surface area contributed by atoms with Gasteiger partial charge in [0.15, 0.2) is 0 Å². The molecule has 1 saturated heterocycles. The van der Waals surface area contributed by atoms with Crippen LogP contribution in [0.3, 0.4) is 0 Å². The van der Waals surface area contributed by atoms with Crippen LogP contribution in [0.5, 0.6) is 0 Å². The summed E-state index contributed by atoms with van der Waals surface area (Å²) in [6.45, 7) is 7.24. The van der Waals surface area contributed by atoms with E-state index in [1.54, 1.807) is 7.11 Å². The minimum Gasteiger partial charge on any atom is -0.394 e. The van der Waals surface area contributed by atoms with E-state index in [9.17, 15) is 9.90 Å². The zero-order chi connectivity index (χ0) is 13.2. The van der Waals surface area contributed by atoms with Crippen molar-refractivity contribution in [3.05, 3.63) is 0 Å². The minimum absolute atomic E-state index is 0.0739. The van der Waals surface area contributed by atoms with Crippen molar-refractivity contribution in [2.75, 3.05) is 13.7 Å². The van der Waals surface area contributed by atoms with Crippen LogP contribution in [-0.4, -0.2) is 48.6 Å². The monoisotopic (exact) mass is 245 g/mol. The van der Waals surface area contributed by atoms with Crippen molar-refractivity contribution in [3.8, 4) is 0 Å². The second-order valence-corrected chi connectivity index (χ2v) is 5.18. The molecule has 2 N–H and O–H groups in total. The number of aliphatic hydroxyl groups excluding tert-OH is 1. The quantitative estimate of drug-likeness (QED) is 0.751. The highest BCUT2D eigenvalue weighted by Gasteiger charge is 2.48. The lowest BCUT2D eigenvalue weighted by Crippen LogP contribution is -2.65. The molecule has 0 aliphatic carbocycles. The van der Waals surface area contributed by atoms with Crippen LogP contribution in [0, 0.1) is 5.92 Å². The standard InChI is InChI=1S/C12H23NO4/c1-7-10(16-5)9(6-14)17-12(3,4)11(7)13-8(2)15/h7,9-11,14H,6H2,1-5H3,(H,13,15). The Morgan fingerprint density at radius 2 is 2.12 bits per heavy atom. The molecule has 0 aromatic carbocycles. The van der Waals surface area contributed by atoms with E-state index in [2.05, 4.69) is 5.32 Å². The summed E-state index contributed by atoms with van der Waals surface area (Å²) in [7, 11) is 1.59. The molecule has 0 aromatic heterocycles. The lowest BCUT2D eigenvalue weighted by Gasteiger charge is -2.49. The SMILES string of the molecule is COC1C(CO)OC(C)(C)C(NC(C)=O)C1C. The Hall–Kier alpha value is -0.650. The minimum atomic E-state index is -0.520. The maximum atomic E-state index is 11.2. The van der Waals surface area contributed by atoms with E-state index in [0.29, 0.717) is 0 Å². The normalized spacial score (nSPS) is 36.6. The van der Waals surface area contributed by atoms with Crippen molar-refractivity contribution in [2.24, 2.45) is 5.92 Å². The maximum Gasteiger partial charge on any atom is 0.217 e. The Kier molecular flexibility index (Phi) is 4.52. The highest BCUT2D eigenvalue weighted by molar-refractivity contribution is 5.73. The molecule has 100 valence electrons. The Balaban J connectivity index is 2.92. The second-order valence-electron chi connectivity index (χ2n) is 5.18. The summed E-state index contributed by atoms with van der Waals surface area (Å²) >= 11 is 0. The van der Waals surface area contributed by atoms with Crippen molar-refractivity contribution in [3.63, 3.8) is 0 Å². The van der Waals surface area contributed by atoms with E-state index in [1.807, 2.05) is 20.8 Å². The molecule has 5 heteroatoms. The van der Waals surface area contributed by atoms with Gasteiger partial charge >= 0.3 is 0 Å². The van der Waals surface area contributed by atoms with E-state index >= 15 is 0 Å². The van der Waals surface area contributed by atoms with Crippen LogP contribution in [0.25, 0.3) is 0 Å². The van der Waals surface area contributed by atoms with E-state index < -0.39 is 5.60 Å². The van der Waals surface area contributed by atoms with Gasteiger partial charge in [-0.3, -0.25) is 4.79 Å². The number of carbonyl (C=O) groups excluding carboxylic acids is 1. The van der Waals surface area contributed by atoms with Gasteiger partial charge in [-0.15, -0.1) is 0 Å². The third-order valence-corrected chi connectivity index (χ3v) is 3.43. The van der Waals surface area contributed by atoms with Crippen LogP contribution in [-0.2, 0) is 14.3 Å². The zero-order valence-corrected chi connectivity index (χ0v) is 11.2. The van der Waals surface area contributed by atoms with Gasteiger partial charge in [0.1, 0.15) is 6.10 Å². The van der Waals surface area contributed by atoms with Gasteiger partial charge in [0, 0.05) is 20.0 Å². The lowest BCUT2D eigenvalue weighted by atomic mass is 9.79. The average molecular weight is 245 g/mol. The average Bonchev–Trinajstić information content (AvgIpc) is 2.23. The summed E-state index contributed by atoms with van der Waals surface area (Å²) in [5, 5.41) is 12.2. The number of ether oxygens (including phenoxy) is 2. The Labute approximate surface area is 102 Å². The number of amides is 1. The van der Waals surface area contributed by atoms with Crippen LogP contribution in [0.1, 0.15) is 27.7 Å². The molecule has 1 heterocycles. The fourth-order valence-electron chi connectivity index (χ4n) is 2.72. The molecule has 1 aliphatic rings. The second kappa shape index (κ2) is 5.33. The number of rotatable bonds is 3. The highest BCUT2D eigenvalue weighted by atomic mass is 16.6. The fraction of sp³-hybridized carbons (Fsp3) is 0.917. The number of hydrogen-bond acceptors (Lipinski definition) is 4. The summed E-state index contributed by atoms with van der Waals surface area (Å²) in [6.07, 6.45) is -0.570. The molecular weight excluding hydrogens is 222 g/mol. The van der Waals surface area contributed by atoms with Gasteiger partial charge in [0.2, 0.25) is 5.91 Å². The van der Waals surface area contributed by atoms with E-state index in [0.717, 1.165) is 0 Å². The van der Waals surface area contributed by atoms with Crippen LogP contribution >= 0.6 is 0 Å². The molecule has 17 heavy (non-hydrogen) atoms. The van der Waals surface area contributed by atoms with Crippen LogP contribution < -0.4 is 5.32 Å². The predicted molar refractivity (Wildman–Crippen MR) is 63.6 cm³/mol. The largest absolute Gasteiger partial charge is 0.394 e. The van der Waals surface area contributed by atoms with Crippen molar-refractivity contribution in [2.45, 2.75) is 51.5 Å². The Bertz CT molecular complexity index is 280. The predicted octanol–water partition coefficient (Wildman–Crippen LogP) is 0.312. The van der Waals surface area contributed by atoms with Gasteiger partial charge in [-0.2, -0.15) is 0 Å². The summed E-state index contributed by atoms with van der Waals surface area (Å²) in [5.74, 6) is -0.0133. The first-order valence-electron chi connectivity index (χ1n) is 5.92. The van der Waals surface area contributed by atoms with Crippen molar-refractivity contribution < 1.29 is 19.4 Å². The summed E-state index contributed by atoms with van der Waals surface area (Å²) < 4.78 is 11.2. The summed E-state index contributed by atoms with van der Waals surface area (Å²) in [6, 6.07) is -0.132. The van der Waals surface area contributed by atoms with Gasteiger partial charge in [-0.05, 0) is 13.8 Å². The lowest BCUT2D eigenvalue weighted by molar-refractivity contribution is -0.214. The first-order valence-corrected chi connectivity index (χ1v) is 5.92. The first kappa shape index (κ1) is 14.4.